The maximum Gasteiger partial charge on any atom is 0.330 e. The molecule has 1 amide bonds. The molecule has 9 heteroatoms. The van der Waals surface area contributed by atoms with E-state index in [1.807, 2.05) is 0 Å². The van der Waals surface area contributed by atoms with Crippen LogP contribution in [0.4, 0.5) is 0 Å². The van der Waals surface area contributed by atoms with E-state index in [1.165, 1.54) is 7.11 Å². The molecule has 3 N–H and O–H groups in total. The van der Waals surface area contributed by atoms with E-state index in [-0.39, 0.29) is 0 Å². The molecular formula is C12H13N5O4. The van der Waals surface area contributed by atoms with Gasteiger partial charge >= 0.3 is 5.97 Å². The molecule has 1 aromatic carbocycles. The van der Waals surface area contributed by atoms with Crippen molar-refractivity contribution in [2.75, 3.05) is 13.7 Å². The number of H-pyrrole nitrogens is 1. The number of nitrogens with one attached hydrogen (secondary N) is 2. The van der Waals surface area contributed by atoms with Gasteiger partial charge in [0.2, 0.25) is 5.82 Å². The summed E-state index contributed by atoms with van der Waals surface area (Å²) in [5, 5.41) is 24.8. The molecule has 1 atom stereocenters. The topological polar surface area (TPSA) is 130 Å². The molecular weight excluding hydrogens is 278 g/mol. The van der Waals surface area contributed by atoms with E-state index in [0.717, 1.165) is 0 Å². The number of methoxy groups -OCH3 is 1. The number of rotatable bonds is 5. The summed E-state index contributed by atoms with van der Waals surface area (Å²) in [6.45, 7) is -0.553. The van der Waals surface area contributed by atoms with Crippen molar-refractivity contribution in [3.8, 4) is 11.4 Å². The Labute approximate surface area is 119 Å². The Morgan fingerprint density at radius 1 is 1.48 bits per heavy atom. The third kappa shape index (κ3) is 3.39. The van der Waals surface area contributed by atoms with Crippen LogP contribution in [0, 0.1) is 0 Å². The monoisotopic (exact) mass is 291 g/mol. The molecule has 1 heterocycles. The van der Waals surface area contributed by atoms with Crippen LogP contribution in [0.5, 0.6) is 0 Å². The SMILES string of the molecule is COC(=O)C(CO)NC(=O)c1cccc(-c2nn[nH]n2)c1. The van der Waals surface area contributed by atoms with Crippen molar-refractivity contribution in [3.05, 3.63) is 29.8 Å². The minimum atomic E-state index is -1.11. The summed E-state index contributed by atoms with van der Waals surface area (Å²) in [7, 11) is 1.17. The molecule has 0 aliphatic carbocycles. The Kier molecular flexibility index (Phi) is 4.57. The zero-order valence-electron chi connectivity index (χ0n) is 11.1. The molecule has 0 aliphatic rings. The Balaban J connectivity index is 2.16. The lowest BCUT2D eigenvalue weighted by Crippen LogP contribution is -2.44. The second-order valence-corrected chi connectivity index (χ2v) is 4.05. The summed E-state index contributed by atoms with van der Waals surface area (Å²) in [6, 6.07) is 5.35. The zero-order chi connectivity index (χ0) is 15.2. The number of carbonyl (C=O) groups is 2. The van der Waals surface area contributed by atoms with Crippen molar-refractivity contribution < 1.29 is 19.4 Å². The van der Waals surface area contributed by atoms with Crippen LogP contribution in [0.25, 0.3) is 11.4 Å². The molecule has 9 nitrogen and oxygen atoms in total. The fourth-order valence-corrected chi connectivity index (χ4v) is 1.65. The summed E-state index contributed by atoms with van der Waals surface area (Å²) in [5.41, 5.74) is 0.884. The van der Waals surface area contributed by atoms with Gasteiger partial charge in [-0.25, -0.2) is 4.79 Å². The highest BCUT2D eigenvalue weighted by Gasteiger charge is 2.21. The lowest BCUT2D eigenvalue weighted by atomic mass is 10.1. The summed E-state index contributed by atoms with van der Waals surface area (Å²) in [4.78, 5) is 23.4. The number of aliphatic hydroxyl groups is 1. The van der Waals surface area contributed by atoms with Crippen LogP contribution in [-0.4, -0.2) is 57.4 Å². The van der Waals surface area contributed by atoms with Crippen molar-refractivity contribution in [3.63, 3.8) is 0 Å². The molecule has 0 saturated heterocycles. The van der Waals surface area contributed by atoms with E-state index < -0.39 is 24.5 Å². The zero-order valence-corrected chi connectivity index (χ0v) is 11.1. The van der Waals surface area contributed by atoms with Gasteiger partial charge in [0.25, 0.3) is 5.91 Å². The van der Waals surface area contributed by atoms with Crippen LogP contribution >= 0.6 is 0 Å². The minimum absolute atomic E-state index is 0.291. The van der Waals surface area contributed by atoms with E-state index in [1.54, 1.807) is 24.3 Å². The number of ether oxygens (including phenoxy) is 1. The smallest absolute Gasteiger partial charge is 0.330 e. The fraction of sp³-hybridized carbons (Fsp3) is 0.250. The van der Waals surface area contributed by atoms with Gasteiger partial charge in [0.1, 0.15) is 0 Å². The van der Waals surface area contributed by atoms with Crippen LogP contribution in [0.2, 0.25) is 0 Å². The number of aromatic amines is 1. The number of aliphatic hydroxyl groups excluding tert-OH is 1. The summed E-state index contributed by atoms with van der Waals surface area (Å²) >= 11 is 0. The van der Waals surface area contributed by atoms with Gasteiger partial charge in [0, 0.05) is 11.1 Å². The molecule has 0 saturated carbocycles. The average Bonchev–Trinajstić information content (AvgIpc) is 3.06. The van der Waals surface area contributed by atoms with Gasteiger partial charge in [0.15, 0.2) is 6.04 Å². The number of carbonyl (C=O) groups excluding carboxylic acids is 2. The first-order chi connectivity index (χ1) is 10.2. The quantitative estimate of drug-likeness (QED) is 0.610. The first kappa shape index (κ1) is 14.6. The number of hydrogen-bond acceptors (Lipinski definition) is 7. The van der Waals surface area contributed by atoms with E-state index in [9.17, 15) is 9.59 Å². The molecule has 2 rings (SSSR count). The molecule has 1 aromatic heterocycles. The number of esters is 1. The second-order valence-electron chi connectivity index (χ2n) is 4.05. The number of tetrazole rings is 1. The molecule has 0 radical (unpaired) electrons. The first-order valence-electron chi connectivity index (χ1n) is 5.99. The normalized spacial score (nSPS) is 11.7. The predicted octanol–water partition coefficient (Wildman–Crippen LogP) is -0.870. The number of nitrogens with zero attached hydrogens (tertiary/aromatic N) is 3. The molecule has 0 aliphatic heterocycles. The van der Waals surface area contributed by atoms with Crippen LogP contribution in [0.1, 0.15) is 10.4 Å². The number of aromatic nitrogens is 4. The lowest BCUT2D eigenvalue weighted by Gasteiger charge is -2.13. The highest BCUT2D eigenvalue weighted by Crippen LogP contribution is 2.15. The largest absolute Gasteiger partial charge is 0.467 e. The standard InChI is InChI=1S/C12H13N5O4/c1-21-12(20)9(6-18)13-11(19)8-4-2-3-7(5-8)10-14-16-17-15-10/h2-5,9,18H,6H2,1H3,(H,13,19)(H,14,15,16,17). The maximum absolute atomic E-state index is 12.1. The number of benzene rings is 1. The van der Waals surface area contributed by atoms with Crippen LogP contribution in [0.3, 0.4) is 0 Å². The Hall–Kier alpha value is -2.81. The molecule has 0 spiro atoms. The molecule has 0 bridgehead atoms. The van der Waals surface area contributed by atoms with Gasteiger partial charge in [-0.15, -0.1) is 10.2 Å². The summed E-state index contributed by atoms with van der Waals surface area (Å²) < 4.78 is 4.48. The van der Waals surface area contributed by atoms with Gasteiger partial charge < -0.3 is 15.2 Å². The average molecular weight is 291 g/mol. The molecule has 0 fully saturated rings. The summed E-state index contributed by atoms with van der Waals surface area (Å²) in [6.07, 6.45) is 0. The van der Waals surface area contributed by atoms with Gasteiger partial charge in [-0.3, -0.25) is 4.79 Å². The van der Waals surface area contributed by atoms with E-state index >= 15 is 0 Å². The predicted molar refractivity (Wildman–Crippen MR) is 70.0 cm³/mol. The molecule has 110 valence electrons. The third-order valence-corrected chi connectivity index (χ3v) is 2.70. The van der Waals surface area contributed by atoms with Crippen molar-refractivity contribution in [1.82, 2.24) is 25.9 Å². The van der Waals surface area contributed by atoms with Crippen molar-refractivity contribution >= 4 is 11.9 Å². The third-order valence-electron chi connectivity index (χ3n) is 2.70. The van der Waals surface area contributed by atoms with Crippen molar-refractivity contribution in [1.29, 1.82) is 0 Å². The maximum atomic E-state index is 12.1. The van der Waals surface area contributed by atoms with Crippen molar-refractivity contribution in [2.24, 2.45) is 0 Å². The van der Waals surface area contributed by atoms with E-state index in [2.05, 4.69) is 30.7 Å². The van der Waals surface area contributed by atoms with Gasteiger partial charge in [-0.2, -0.15) is 5.21 Å². The van der Waals surface area contributed by atoms with E-state index in [0.29, 0.717) is 17.0 Å². The fourth-order valence-electron chi connectivity index (χ4n) is 1.65. The lowest BCUT2D eigenvalue weighted by molar-refractivity contribution is -0.143. The van der Waals surface area contributed by atoms with Gasteiger partial charge in [0.05, 0.1) is 13.7 Å². The van der Waals surface area contributed by atoms with Gasteiger partial charge in [-0.05, 0) is 17.3 Å². The van der Waals surface area contributed by atoms with E-state index in [4.69, 9.17) is 5.11 Å². The molecule has 21 heavy (non-hydrogen) atoms. The van der Waals surface area contributed by atoms with Crippen LogP contribution < -0.4 is 5.32 Å². The Morgan fingerprint density at radius 3 is 2.90 bits per heavy atom. The first-order valence-corrected chi connectivity index (χ1v) is 5.99. The van der Waals surface area contributed by atoms with Crippen molar-refractivity contribution in [2.45, 2.75) is 6.04 Å². The highest BCUT2D eigenvalue weighted by molar-refractivity contribution is 5.97. The molecule has 1 unspecified atom stereocenters. The Bertz CT molecular complexity index is 628. The van der Waals surface area contributed by atoms with Crippen LogP contribution in [-0.2, 0) is 9.53 Å². The number of amides is 1. The minimum Gasteiger partial charge on any atom is -0.467 e. The van der Waals surface area contributed by atoms with Gasteiger partial charge in [-0.1, -0.05) is 12.1 Å². The summed E-state index contributed by atoms with van der Waals surface area (Å²) in [5.74, 6) is -0.902. The second kappa shape index (κ2) is 6.57. The molecule has 2 aromatic rings. The highest BCUT2D eigenvalue weighted by atomic mass is 16.5. The Morgan fingerprint density at radius 2 is 2.29 bits per heavy atom. The van der Waals surface area contributed by atoms with Crippen LogP contribution in [0.15, 0.2) is 24.3 Å². The number of hydrogen-bond donors (Lipinski definition) is 3.